The zero-order valence-corrected chi connectivity index (χ0v) is 11.1. The van der Waals surface area contributed by atoms with Gasteiger partial charge in [-0.1, -0.05) is 30.7 Å². The van der Waals surface area contributed by atoms with E-state index in [1.807, 2.05) is 43.3 Å². The van der Waals surface area contributed by atoms with E-state index in [1.165, 1.54) is 0 Å². The molecule has 17 heavy (non-hydrogen) atoms. The first-order valence-corrected chi connectivity index (χ1v) is 6.79. The Morgan fingerprint density at radius 1 is 1.18 bits per heavy atom. The SMILES string of the molecule is CCCC(=O)c1ccc(-c2ccc(Cl)cc2)s1. The summed E-state index contributed by atoms with van der Waals surface area (Å²) in [5.41, 5.74) is 1.11. The second-order valence-electron chi connectivity index (χ2n) is 3.84. The quantitative estimate of drug-likeness (QED) is 0.706. The van der Waals surface area contributed by atoms with Crippen LogP contribution in [0.3, 0.4) is 0 Å². The lowest BCUT2D eigenvalue weighted by Crippen LogP contribution is -1.93. The fraction of sp³-hybridized carbons (Fsp3) is 0.214. The Balaban J connectivity index is 2.23. The third kappa shape index (κ3) is 2.96. The Kier molecular flexibility index (Phi) is 3.97. The molecule has 0 aliphatic carbocycles. The fourth-order valence-electron chi connectivity index (χ4n) is 1.61. The average molecular weight is 265 g/mol. The molecule has 0 amide bonds. The van der Waals surface area contributed by atoms with Crippen LogP contribution in [0.5, 0.6) is 0 Å². The lowest BCUT2D eigenvalue weighted by Gasteiger charge is -1.97. The van der Waals surface area contributed by atoms with Crippen LogP contribution in [0.2, 0.25) is 5.02 Å². The fourth-order valence-corrected chi connectivity index (χ4v) is 2.71. The number of halogens is 1. The summed E-state index contributed by atoms with van der Waals surface area (Å²) in [6.07, 6.45) is 1.52. The molecule has 0 spiro atoms. The maximum absolute atomic E-state index is 11.7. The van der Waals surface area contributed by atoms with Crippen LogP contribution in [0.1, 0.15) is 29.4 Å². The molecule has 88 valence electrons. The van der Waals surface area contributed by atoms with E-state index in [0.29, 0.717) is 6.42 Å². The molecule has 0 aliphatic heterocycles. The van der Waals surface area contributed by atoms with Gasteiger partial charge in [0.05, 0.1) is 4.88 Å². The number of ketones is 1. The highest BCUT2D eigenvalue weighted by molar-refractivity contribution is 7.17. The maximum Gasteiger partial charge on any atom is 0.172 e. The lowest BCUT2D eigenvalue weighted by molar-refractivity contribution is 0.0985. The van der Waals surface area contributed by atoms with Gasteiger partial charge in [0.15, 0.2) is 5.78 Å². The van der Waals surface area contributed by atoms with Crippen LogP contribution < -0.4 is 0 Å². The number of rotatable bonds is 4. The van der Waals surface area contributed by atoms with Gasteiger partial charge in [-0.25, -0.2) is 0 Å². The molecule has 0 atom stereocenters. The molecule has 0 N–H and O–H groups in total. The molecule has 2 rings (SSSR count). The molecule has 0 aliphatic rings. The van der Waals surface area contributed by atoms with Gasteiger partial charge in [0.1, 0.15) is 0 Å². The smallest absolute Gasteiger partial charge is 0.172 e. The molecule has 3 heteroatoms. The van der Waals surface area contributed by atoms with Gasteiger partial charge >= 0.3 is 0 Å². The number of carbonyl (C=O) groups is 1. The third-order valence-electron chi connectivity index (χ3n) is 2.49. The molecule has 1 nitrogen and oxygen atoms in total. The number of hydrogen-bond donors (Lipinski definition) is 0. The van der Waals surface area contributed by atoms with Crippen molar-refractivity contribution in [3.8, 4) is 10.4 Å². The number of Topliss-reactive ketones (excluding diaryl/α,β-unsaturated/α-hetero) is 1. The minimum absolute atomic E-state index is 0.234. The molecule has 2 aromatic rings. The van der Waals surface area contributed by atoms with Crippen molar-refractivity contribution in [3.05, 3.63) is 46.3 Å². The topological polar surface area (TPSA) is 17.1 Å². The van der Waals surface area contributed by atoms with E-state index >= 15 is 0 Å². The summed E-state index contributed by atoms with van der Waals surface area (Å²) in [4.78, 5) is 13.7. The molecule has 1 aromatic carbocycles. The zero-order chi connectivity index (χ0) is 12.3. The Bertz CT molecular complexity index is 513. The van der Waals surface area contributed by atoms with Gasteiger partial charge < -0.3 is 0 Å². The molecule has 0 fully saturated rings. The molecular weight excluding hydrogens is 252 g/mol. The van der Waals surface area contributed by atoms with E-state index in [4.69, 9.17) is 11.6 Å². The standard InChI is InChI=1S/C14H13ClOS/c1-2-3-12(16)14-9-8-13(17-14)10-4-6-11(15)7-5-10/h4-9H,2-3H2,1H3. The third-order valence-corrected chi connectivity index (χ3v) is 3.91. The van der Waals surface area contributed by atoms with Gasteiger partial charge in [-0.05, 0) is 36.2 Å². The number of hydrogen-bond acceptors (Lipinski definition) is 2. The van der Waals surface area contributed by atoms with E-state index in [9.17, 15) is 4.79 Å². The zero-order valence-electron chi connectivity index (χ0n) is 9.57. The summed E-state index contributed by atoms with van der Waals surface area (Å²) >= 11 is 7.39. The highest BCUT2D eigenvalue weighted by atomic mass is 35.5. The summed E-state index contributed by atoms with van der Waals surface area (Å²) in [6, 6.07) is 11.6. The molecule has 0 saturated heterocycles. The van der Waals surface area contributed by atoms with Gasteiger partial charge in [0.2, 0.25) is 0 Å². The van der Waals surface area contributed by atoms with Crippen LogP contribution in [-0.2, 0) is 0 Å². The molecule has 0 saturated carbocycles. The van der Waals surface area contributed by atoms with E-state index in [2.05, 4.69) is 0 Å². The highest BCUT2D eigenvalue weighted by Gasteiger charge is 2.09. The first-order chi connectivity index (χ1) is 8.20. The van der Waals surface area contributed by atoms with Gasteiger partial charge in [0, 0.05) is 16.3 Å². The number of carbonyl (C=O) groups excluding carboxylic acids is 1. The molecule has 1 heterocycles. The summed E-state index contributed by atoms with van der Waals surface area (Å²) in [7, 11) is 0. The average Bonchev–Trinajstić information content (AvgIpc) is 2.80. The predicted molar refractivity (Wildman–Crippen MR) is 74.0 cm³/mol. The van der Waals surface area contributed by atoms with Gasteiger partial charge in [-0.2, -0.15) is 0 Å². The molecule has 1 aromatic heterocycles. The summed E-state index contributed by atoms with van der Waals surface area (Å²) in [5.74, 6) is 0.234. The Morgan fingerprint density at radius 2 is 1.88 bits per heavy atom. The van der Waals surface area contributed by atoms with Crippen molar-refractivity contribution in [3.63, 3.8) is 0 Å². The van der Waals surface area contributed by atoms with Gasteiger partial charge in [0.25, 0.3) is 0 Å². The monoisotopic (exact) mass is 264 g/mol. The minimum Gasteiger partial charge on any atom is -0.293 e. The molecule has 0 unspecified atom stereocenters. The van der Waals surface area contributed by atoms with Crippen molar-refractivity contribution in [1.29, 1.82) is 0 Å². The molecule has 0 radical (unpaired) electrons. The first-order valence-electron chi connectivity index (χ1n) is 5.59. The lowest BCUT2D eigenvalue weighted by atomic mass is 10.2. The second-order valence-corrected chi connectivity index (χ2v) is 5.36. The molecule has 0 bridgehead atoms. The van der Waals surface area contributed by atoms with Crippen LogP contribution in [0.25, 0.3) is 10.4 Å². The van der Waals surface area contributed by atoms with E-state index in [0.717, 1.165) is 26.8 Å². The van der Waals surface area contributed by atoms with Crippen LogP contribution >= 0.6 is 22.9 Å². The van der Waals surface area contributed by atoms with Crippen LogP contribution in [0, 0.1) is 0 Å². The Labute approximate surface area is 110 Å². The molecular formula is C14H13ClOS. The van der Waals surface area contributed by atoms with E-state index < -0.39 is 0 Å². The second kappa shape index (κ2) is 5.48. The van der Waals surface area contributed by atoms with Crippen molar-refractivity contribution >= 4 is 28.7 Å². The van der Waals surface area contributed by atoms with Gasteiger partial charge in [-0.3, -0.25) is 4.79 Å². The normalized spacial score (nSPS) is 10.5. The van der Waals surface area contributed by atoms with Crippen LogP contribution in [-0.4, -0.2) is 5.78 Å². The van der Waals surface area contributed by atoms with Crippen molar-refractivity contribution in [2.24, 2.45) is 0 Å². The summed E-state index contributed by atoms with van der Waals surface area (Å²) in [5, 5.41) is 0.729. The van der Waals surface area contributed by atoms with Crippen molar-refractivity contribution < 1.29 is 4.79 Å². The largest absolute Gasteiger partial charge is 0.293 e. The van der Waals surface area contributed by atoms with E-state index in [-0.39, 0.29) is 5.78 Å². The van der Waals surface area contributed by atoms with Crippen molar-refractivity contribution in [2.45, 2.75) is 19.8 Å². The number of benzene rings is 1. The van der Waals surface area contributed by atoms with Crippen molar-refractivity contribution in [1.82, 2.24) is 0 Å². The van der Waals surface area contributed by atoms with Crippen LogP contribution in [0.4, 0.5) is 0 Å². The Morgan fingerprint density at radius 3 is 2.53 bits per heavy atom. The van der Waals surface area contributed by atoms with Crippen molar-refractivity contribution in [2.75, 3.05) is 0 Å². The highest BCUT2D eigenvalue weighted by Crippen LogP contribution is 2.29. The maximum atomic E-state index is 11.7. The van der Waals surface area contributed by atoms with E-state index in [1.54, 1.807) is 11.3 Å². The number of thiophene rings is 1. The Hall–Kier alpha value is -1.12. The van der Waals surface area contributed by atoms with Gasteiger partial charge in [-0.15, -0.1) is 11.3 Å². The first kappa shape index (κ1) is 12.3. The minimum atomic E-state index is 0.234. The summed E-state index contributed by atoms with van der Waals surface area (Å²) < 4.78 is 0. The van der Waals surface area contributed by atoms with Crippen LogP contribution in [0.15, 0.2) is 36.4 Å². The summed E-state index contributed by atoms with van der Waals surface area (Å²) in [6.45, 7) is 2.02. The predicted octanol–water partition coefficient (Wildman–Crippen LogP) is 5.05.